The first-order chi connectivity index (χ1) is 8.08. The second kappa shape index (κ2) is 4.83. The molecule has 1 aliphatic heterocycles. The van der Waals surface area contributed by atoms with Gasteiger partial charge in [0.25, 0.3) is 0 Å². The Hall–Kier alpha value is -1.43. The summed E-state index contributed by atoms with van der Waals surface area (Å²) in [4.78, 5) is 24.2. The van der Waals surface area contributed by atoms with Gasteiger partial charge in [0.05, 0.1) is 12.2 Å². The Kier molecular flexibility index (Phi) is 3.42. The zero-order chi connectivity index (χ0) is 12.4. The van der Waals surface area contributed by atoms with Crippen LogP contribution in [0.4, 0.5) is 10.1 Å². The van der Waals surface area contributed by atoms with Gasteiger partial charge in [0.15, 0.2) is 0 Å². The van der Waals surface area contributed by atoms with Crippen molar-refractivity contribution < 1.29 is 14.0 Å². The highest BCUT2D eigenvalue weighted by molar-refractivity contribution is 9.10. The third-order valence-electron chi connectivity index (χ3n) is 2.50. The maximum absolute atomic E-state index is 13.6. The molecule has 90 valence electrons. The molecule has 0 spiro atoms. The number of hydrogen-bond donors (Lipinski definition) is 1. The molecule has 0 saturated carbocycles. The van der Waals surface area contributed by atoms with Gasteiger partial charge in [-0.2, -0.15) is 0 Å². The number of halogens is 2. The predicted octanol–water partition coefficient (Wildman–Crippen LogP) is 1.44. The molecule has 0 unspecified atom stereocenters. The normalized spacial score (nSPS) is 16.7. The zero-order valence-corrected chi connectivity index (χ0v) is 10.5. The Labute approximate surface area is 106 Å². The molecule has 0 radical (unpaired) electrons. The molecule has 2 amide bonds. The summed E-state index contributed by atoms with van der Waals surface area (Å²) in [5.41, 5.74) is 0.195. The Morgan fingerprint density at radius 2 is 2.12 bits per heavy atom. The molecular weight excluding hydrogens is 291 g/mol. The third-order valence-corrected chi connectivity index (χ3v) is 2.99. The van der Waals surface area contributed by atoms with E-state index < -0.39 is 5.82 Å². The van der Waals surface area contributed by atoms with E-state index in [1.54, 1.807) is 6.07 Å². The Bertz CT molecular complexity index is 479. The molecule has 1 saturated heterocycles. The molecule has 0 atom stereocenters. The lowest BCUT2D eigenvalue weighted by molar-refractivity contribution is -0.123. The number of carbonyl (C=O) groups is 2. The highest BCUT2D eigenvalue weighted by atomic mass is 79.9. The molecule has 1 fully saturated rings. The average molecular weight is 301 g/mol. The SMILES string of the molecule is O=C1CCN(c2cc(Br)ccc2F)C(=O)CN1. The van der Waals surface area contributed by atoms with E-state index in [1.165, 1.54) is 17.0 Å². The Morgan fingerprint density at radius 3 is 2.88 bits per heavy atom. The van der Waals surface area contributed by atoms with Crippen LogP contribution >= 0.6 is 15.9 Å². The zero-order valence-electron chi connectivity index (χ0n) is 8.87. The van der Waals surface area contributed by atoms with Gasteiger partial charge in [-0.3, -0.25) is 9.59 Å². The predicted molar refractivity (Wildman–Crippen MR) is 64.1 cm³/mol. The van der Waals surface area contributed by atoms with Crippen molar-refractivity contribution in [2.75, 3.05) is 18.0 Å². The molecule has 2 rings (SSSR count). The van der Waals surface area contributed by atoms with Gasteiger partial charge in [-0.05, 0) is 18.2 Å². The van der Waals surface area contributed by atoms with Crippen molar-refractivity contribution in [3.8, 4) is 0 Å². The van der Waals surface area contributed by atoms with Crippen LogP contribution in [0, 0.1) is 5.82 Å². The molecule has 0 aliphatic carbocycles. The van der Waals surface area contributed by atoms with Crippen molar-refractivity contribution >= 4 is 33.4 Å². The number of amides is 2. The summed E-state index contributed by atoms with van der Waals surface area (Å²) in [6.45, 7) is 0.100. The summed E-state index contributed by atoms with van der Waals surface area (Å²) in [7, 11) is 0. The van der Waals surface area contributed by atoms with Gasteiger partial charge in [-0.15, -0.1) is 0 Å². The molecule has 0 bridgehead atoms. The quantitative estimate of drug-likeness (QED) is 0.853. The van der Waals surface area contributed by atoms with E-state index >= 15 is 0 Å². The van der Waals surface area contributed by atoms with E-state index in [-0.39, 0.29) is 37.0 Å². The molecule has 1 aromatic carbocycles. The van der Waals surface area contributed by atoms with Crippen LogP contribution in [-0.2, 0) is 9.59 Å². The summed E-state index contributed by atoms with van der Waals surface area (Å²) < 4.78 is 14.3. The lowest BCUT2D eigenvalue weighted by Gasteiger charge is -2.20. The standard InChI is InChI=1S/C11H10BrFN2O2/c12-7-1-2-8(13)9(5-7)15-4-3-10(16)14-6-11(15)17/h1-2,5H,3-4,6H2,(H,14,16). The molecule has 17 heavy (non-hydrogen) atoms. The lowest BCUT2D eigenvalue weighted by Crippen LogP contribution is -2.35. The fraction of sp³-hybridized carbons (Fsp3) is 0.273. The van der Waals surface area contributed by atoms with E-state index in [0.29, 0.717) is 4.47 Å². The molecule has 1 N–H and O–H groups in total. The maximum Gasteiger partial charge on any atom is 0.246 e. The highest BCUT2D eigenvalue weighted by Gasteiger charge is 2.23. The second-order valence-corrected chi connectivity index (χ2v) is 4.58. The van der Waals surface area contributed by atoms with Gasteiger partial charge >= 0.3 is 0 Å². The summed E-state index contributed by atoms with van der Waals surface area (Å²) in [5.74, 6) is -0.986. The smallest absolute Gasteiger partial charge is 0.246 e. The van der Waals surface area contributed by atoms with E-state index in [0.717, 1.165) is 0 Å². The van der Waals surface area contributed by atoms with Crippen molar-refractivity contribution in [1.29, 1.82) is 0 Å². The van der Waals surface area contributed by atoms with Crippen LogP contribution in [0.25, 0.3) is 0 Å². The highest BCUT2D eigenvalue weighted by Crippen LogP contribution is 2.24. The molecular formula is C11H10BrFN2O2. The van der Waals surface area contributed by atoms with Crippen molar-refractivity contribution in [2.45, 2.75) is 6.42 Å². The third kappa shape index (κ3) is 2.63. The molecule has 1 aromatic rings. The van der Waals surface area contributed by atoms with E-state index in [4.69, 9.17) is 0 Å². The first kappa shape index (κ1) is 12.0. The van der Waals surface area contributed by atoms with Crippen LogP contribution < -0.4 is 10.2 Å². The van der Waals surface area contributed by atoms with Crippen LogP contribution in [0.3, 0.4) is 0 Å². The van der Waals surface area contributed by atoms with Crippen LogP contribution in [0.2, 0.25) is 0 Å². The van der Waals surface area contributed by atoms with Crippen LogP contribution in [0.5, 0.6) is 0 Å². The van der Waals surface area contributed by atoms with Gasteiger partial charge in [0.2, 0.25) is 11.8 Å². The topological polar surface area (TPSA) is 49.4 Å². The Morgan fingerprint density at radius 1 is 1.35 bits per heavy atom. The van der Waals surface area contributed by atoms with Crippen molar-refractivity contribution in [1.82, 2.24) is 5.32 Å². The number of carbonyl (C=O) groups excluding carboxylic acids is 2. The number of nitrogens with zero attached hydrogens (tertiary/aromatic N) is 1. The van der Waals surface area contributed by atoms with Gasteiger partial charge < -0.3 is 10.2 Å². The molecule has 0 aromatic heterocycles. The number of hydrogen-bond acceptors (Lipinski definition) is 2. The van der Waals surface area contributed by atoms with Gasteiger partial charge in [-0.25, -0.2) is 4.39 Å². The fourth-order valence-corrected chi connectivity index (χ4v) is 1.99. The van der Waals surface area contributed by atoms with Gasteiger partial charge in [-0.1, -0.05) is 15.9 Å². The van der Waals surface area contributed by atoms with Crippen molar-refractivity contribution in [3.05, 3.63) is 28.5 Å². The average Bonchev–Trinajstić information content (AvgIpc) is 2.46. The maximum atomic E-state index is 13.6. The monoisotopic (exact) mass is 300 g/mol. The van der Waals surface area contributed by atoms with Crippen molar-refractivity contribution in [2.24, 2.45) is 0 Å². The molecule has 4 nitrogen and oxygen atoms in total. The Balaban J connectivity index is 2.34. The number of nitrogens with one attached hydrogen (secondary N) is 1. The second-order valence-electron chi connectivity index (χ2n) is 3.67. The minimum atomic E-state index is -0.476. The largest absolute Gasteiger partial charge is 0.347 e. The number of benzene rings is 1. The first-order valence-corrected chi connectivity index (χ1v) is 5.89. The van der Waals surface area contributed by atoms with E-state index in [1.807, 2.05) is 0 Å². The minimum Gasteiger partial charge on any atom is -0.347 e. The molecule has 1 aliphatic rings. The van der Waals surface area contributed by atoms with Gasteiger partial charge in [0.1, 0.15) is 5.82 Å². The molecule has 1 heterocycles. The van der Waals surface area contributed by atoms with Crippen molar-refractivity contribution in [3.63, 3.8) is 0 Å². The van der Waals surface area contributed by atoms with Crippen LogP contribution in [0.15, 0.2) is 22.7 Å². The van der Waals surface area contributed by atoms with E-state index in [2.05, 4.69) is 21.2 Å². The first-order valence-electron chi connectivity index (χ1n) is 5.10. The fourth-order valence-electron chi connectivity index (χ4n) is 1.64. The summed E-state index contributed by atoms with van der Waals surface area (Å²) in [6, 6.07) is 4.38. The van der Waals surface area contributed by atoms with Crippen LogP contribution in [-0.4, -0.2) is 24.9 Å². The summed E-state index contributed by atoms with van der Waals surface area (Å²) >= 11 is 3.23. The number of anilines is 1. The van der Waals surface area contributed by atoms with Gasteiger partial charge in [0, 0.05) is 17.4 Å². The molecule has 6 heteroatoms. The number of rotatable bonds is 1. The lowest BCUT2D eigenvalue weighted by atomic mass is 10.2. The van der Waals surface area contributed by atoms with Crippen LogP contribution in [0.1, 0.15) is 6.42 Å². The minimum absolute atomic E-state index is 0.0925. The summed E-state index contributed by atoms with van der Waals surface area (Å²) in [6.07, 6.45) is 0.178. The summed E-state index contributed by atoms with van der Waals surface area (Å²) in [5, 5.41) is 2.46. The van der Waals surface area contributed by atoms with E-state index in [9.17, 15) is 14.0 Å².